The Morgan fingerprint density at radius 2 is 1.02 bits per heavy atom. The van der Waals surface area contributed by atoms with Gasteiger partial charge in [0.25, 0.3) is 0 Å². The van der Waals surface area contributed by atoms with E-state index >= 15 is 0 Å². The molecule has 0 unspecified atom stereocenters. The molecule has 0 saturated heterocycles. The second kappa shape index (κ2) is 14.0. The van der Waals surface area contributed by atoms with Gasteiger partial charge in [0.05, 0.1) is 33.6 Å². The molecule has 0 fully saturated rings. The fraction of sp³-hybridized carbons (Fsp3) is 0. The molecule has 10 aromatic carbocycles. The maximum absolute atomic E-state index is 6.51. The molecular formula is C58H36N4O. The fourth-order valence-electron chi connectivity index (χ4n) is 9.63. The van der Waals surface area contributed by atoms with Crippen LogP contribution in [0.15, 0.2) is 218 Å². The van der Waals surface area contributed by atoms with Crippen molar-refractivity contribution in [3.63, 3.8) is 0 Å². The van der Waals surface area contributed by atoms with Crippen molar-refractivity contribution >= 4 is 71.3 Å². The normalized spacial score (nSPS) is 12.2. The Morgan fingerprint density at radius 1 is 0.365 bits per heavy atom. The first kappa shape index (κ1) is 35.2. The van der Waals surface area contributed by atoms with E-state index in [1.54, 1.807) is 0 Å². The molecule has 0 N–H and O–H groups in total. The number of ether oxygens (including phenoxy) is 1. The van der Waals surface area contributed by atoms with Gasteiger partial charge in [-0.1, -0.05) is 146 Å². The molecule has 0 atom stereocenters. The van der Waals surface area contributed by atoms with Crippen molar-refractivity contribution in [3.8, 4) is 51.0 Å². The predicted octanol–water partition coefficient (Wildman–Crippen LogP) is 15.6. The Kier molecular flexibility index (Phi) is 7.84. The average molecular weight is 805 g/mol. The van der Waals surface area contributed by atoms with Gasteiger partial charge in [-0.25, -0.2) is 9.97 Å². The molecule has 1 aliphatic heterocycles. The Morgan fingerprint density at radius 3 is 1.89 bits per heavy atom. The number of anilines is 3. The zero-order valence-corrected chi connectivity index (χ0v) is 34.0. The van der Waals surface area contributed by atoms with Gasteiger partial charge in [0, 0.05) is 44.0 Å². The summed E-state index contributed by atoms with van der Waals surface area (Å²) in [7, 11) is 0. The van der Waals surface area contributed by atoms with Crippen LogP contribution < -0.4 is 9.64 Å². The van der Waals surface area contributed by atoms with Crippen molar-refractivity contribution in [3.05, 3.63) is 218 Å². The van der Waals surface area contributed by atoms with Crippen LogP contribution in [-0.4, -0.2) is 14.5 Å². The first-order chi connectivity index (χ1) is 31.2. The number of rotatable bonds is 5. The summed E-state index contributed by atoms with van der Waals surface area (Å²) in [5.41, 5.74) is 12.5. The molecule has 3 heterocycles. The highest BCUT2D eigenvalue weighted by atomic mass is 16.5. The van der Waals surface area contributed by atoms with Gasteiger partial charge in [0.15, 0.2) is 17.3 Å². The molecule has 0 bridgehead atoms. The summed E-state index contributed by atoms with van der Waals surface area (Å²) in [4.78, 5) is 12.9. The van der Waals surface area contributed by atoms with E-state index in [4.69, 9.17) is 14.7 Å². The Labute approximate surface area is 363 Å². The zero-order chi connectivity index (χ0) is 41.4. The van der Waals surface area contributed by atoms with E-state index in [1.807, 2.05) is 18.2 Å². The summed E-state index contributed by atoms with van der Waals surface area (Å²) < 4.78 is 8.90. The number of hydrogen-bond acceptors (Lipinski definition) is 4. The van der Waals surface area contributed by atoms with Gasteiger partial charge >= 0.3 is 0 Å². The topological polar surface area (TPSA) is 43.2 Å². The maximum Gasteiger partial charge on any atom is 0.160 e. The molecular weight excluding hydrogens is 769 g/mol. The van der Waals surface area contributed by atoms with E-state index in [0.29, 0.717) is 5.82 Å². The van der Waals surface area contributed by atoms with Gasteiger partial charge < -0.3 is 14.2 Å². The molecule has 2 aromatic heterocycles. The molecule has 12 aromatic rings. The van der Waals surface area contributed by atoms with Gasteiger partial charge in [-0.2, -0.15) is 0 Å². The van der Waals surface area contributed by atoms with E-state index in [-0.39, 0.29) is 0 Å². The highest BCUT2D eigenvalue weighted by Crippen LogP contribution is 2.51. The van der Waals surface area contributed by atoms with Crippen molar-refractivity contribution in [2.45, 2.75) is 0 Å². The second-order valence-corrected chi connectivity index (χ2v) is 16.2. The number of hydrogen-bond donors (Lipinski definition) is 0. The van der Waals surface area contributed by atoms with E-state index in [9.17, 15) is 0 Å². The molecule has 0 radical (unpaired) electrons. The summed E-state index contributed by atoms with van der Waals surface area (Å²) >= 11 is 0. The summed E-state index contributed by atoms with van der Waals surface area (Å²) in [5.74, 6) is 2.35. The molecule has 0 amide bonds. The van der Waals surface area contributed by atoms with E-state index in [2.05, 4.69) is 210 Å². The Balaban J connectivity index is 0.997. The third-order valence-corrected chi connectivity index (χ3v) is 12.5. The highest BCUT2D eigenvalue weighted by Gasteiger charge is 2.26. The number of aromatic nitrogens is 3. The van der Waals surface area contributed by atoms with Crippen LogP contribution in [0.2, 0.25) is 0 Å². The van der Waals surface area contributed by atoms with Crippen LogP contribution in [0.4, 0.5) is 17.1 Å². The van der Waals surface area contributed by atoms with Gasteiger partial charge in [-0.3, -0.25) is 0 Å². The minimum Gasteiger partial charge on any atom is -0.453 e. The van der Waals surface area contributed by atoms with Gasteiger partial charge in [-0.05, 0) is 100 Å². The van der Waals surface area contributed by atoms with Crippen LogP contribution in [-0.2, 0) is 0 Å². The smallest absolute Gasteiger partial charge is 0.160 e. The minimum absolute atomic E-state index is 0.691. The number of fused-ring (bicyclic) bond motifs is 10. The number of nitrogens with zero attached hydrogens (tertiary/aromatic N) is 4. The minimum atomic E-state index is 0.691. The van der Waals surface area contributed by atoms with Crippen molar-refractivity contribution in [1.82, 2.24) is 14.5 Å². The lowest BCUT2D eigenvalue weighted by Crippen LogP contribution is -2.15. The highest BCUT2D eigenvalue weighted by molar-refractivity contribution is 6.22. The van der Waals surface area contributed by atoms with Crippen LogP contribution in [0.25, 0.3) is 93.7 Å². The van der Waals surface area contributed by atoms with Crippen LogP contribution in [0, 0.1) is 0 Å². The Hall–Kier alpha value is -8.54. The van der Waals surface area contributed by atoms with Crippen LogP contribution in [0.1, 0.15) is 0 Å². The van der Waals surface area contributed by atoms with E-state index < -0.39 is 0 Å². The summed E-state index contributed by atoms with van der Waals surface area (Å²) in [5, 5.41) is 8.13. The fourth-order valence-corrected chi connectivity index (χ4v) is 9.63. The molecule has 294 valence electrons. The van der Waals surface area contributed by atoms with Crippen LogP contribution >= 0.6 is 0 Å². The van der Waals surface area contributed by atoms with Crippen LogP contribution in [0.5, 0.6) is 11.5 Å². The quantitative estimate of drug-likeness (QED) is 0.163. The van der Waals surface area contributed by atoms with Crippen molar-refractivity contribution in [2.24, 2.45) is 0 Å². The zero-order valence-electron chi connectivity index (χ0n) is 34.0. The van der Waals surface area contributed by atoms with Crippen LogP contribution in [0.3, 0.4) is 0 Å². The molecule has 0 aliphatic carbocycles. The molecule has 5 nitrogen and oxygen atoms in total. The third kappa shape index (κ3) is 5.64. The molecule has 13 rings (SSSR count). The predicted molar refractivity (Wildman–Crippen MR) is 260 cm³/mol. The SMILES string of the molecule is c1ccc(-c2nc(-c3cccc(-n4c5ccc(-c6ccc7c(c6)N(c6ccccc6)c6ccccc6O7)cc5c5c6ccccc6ccc54)c3)nc3c2ccc2ccccc23)cc1. The summed E-state index contributed by atoms with van der Waals surface area (Å²) in [6, 6.07) is 77.3. The molecule has 5 heteroatoms. The summed E-state index contributed by atoms with van der Waals surface area (Å²) in [6.45, 7) is 0. The first-order valence-corrected chi connectivity index (χ1v) is 21.3. The Bertz CT molecular complexity index is 3780. The first-order valence-electron chi connectivity index (χ1n) is 21.3. The van der Waals surface area contributed by atoms with Gasteiger partial charge in [0.2, 0.25) is 0 Å². The molecule has 0 saturated carbocycles. The number of para-hydroxylation sites is 3. The average Bonchev–Trinajstić information content (AvgIpc) is 3.70. The van der Waals surface area contributed by atoms with Gasteiger partial charge in [-0.15, -0.1) is 0 Å². The maximum atomic E-state index is 6.51. The standard InChI is InChI=1S/C58H36N4O/c1-3-16-39(17-4-1)56-47-30-26-38-15-8-10-23-46(38)57(47)60-58(59-56)42-18-13-21-44(34-42)62-49-31-28-40(35-48(49)55-45-22-9-7-14-37(45)27-32-51(55)62)41-29-33-54-52(36-41)61(43-19-5-2-6-20-43)50-24-11-12-25-53(50)63-54/h1-36H. The number of benzene rings is 10. The van der Waals surface area contributed by atoms with E-state index in [0.717, 1.165) is 94.9 Å². The molecule has 0 spiro atoms. The lowest BCUT2D eigenvalue weighted by atomic mass is 9.99. The second-order valence-electron chi connectivity index (χ2n) is 16.2. The monoisotopic (exact) mass is 804 g/mol. The molecule has 63 heavy (non-hydrogen) atoms. The lowest BCUT2D eigenvalue weighted by molar-refractivity contribution is 0.477. The molecule has 1 aliphatic rings. The van der Waals surface area contributed by atoms with Gasteiger partial charge in [0.1, 0.15) is 0 Å². The van der Waals surface area contributed by atoms with Crippen molar-refractivity contribution in [1.29, 1.82) is 0 Å². The third-order valence-electron chi connectivity index (χ3n) is 12.5. The lowest BCUT2D eigenvalue weighted by Gasteiger charge is -2.33. The summed E-state index contributed by atoms with van der Waals surface area (Å²) in [6.07, 6.45) is 0. The van der Waals surface area contributed by atoms with Crippen molar-refractivity contribution < 1.29 is 4.74 Å². The van der Waals surface area contributed by atoms with E-state index in [1.165, 1.54) is 21.5 Å². The van der Waals surface area contributed by atoms with Crippen molar-refractivity contribution in [2.75, 3.05) is 4.90 Å². The largest absolute Gasteiger partial charge is 0.453 e.